The summed E-state index contributed by atoms with van der Waals surface area (Å²) in [7, 11) is 0. The Kier molecular flexibility index (Phi) is 3.59. The summed E-state index contributed by atoms with van der Waals surface area (Å²) in [4.78, 5) is 2.25. The second-order valence-corrected chi connectivity index (χ2v) is 5.31. The van der Waals surface area contributed by atoms with Gasteiger partial charge in [-0.15, -0.1) is 0 Å². The number of aliphatic hydroxyl groups excluding tert-OH is 1. The minimum absolute atomic E-state index is 0.213. The quantitative estimate of drug-likeness (QED) is 0.783. The van der Waals surface area contributed by atoms with Crippen molar-refractivity contribution in [2.45, 2.75) is 32.1 Å². The highest BCUT2D eigenvalue weighted by atomic mass is 16.7. The van der Waals surface area contributed by atoms with Crippen LogP contribution in [0.2, 0.25) is 0 Å². The number of hydrogen-bond donors (Lipinski definition) is 2. The maximum Gasteiger partial charge on any atom is 0.189 e. The summed E-state index contributed by atoms with van der Waals surface area (Å²) in [6, 6.07) is 3.87. The molecule has 1 aromatic carbocycles. The van der Waals surface area contributed by atoms with Crippen LogP contribution in [0.5, 0.6) is 5.75 Å². The van der Waals surface area contributed by atoms with Crippen molar-refractivity contribution in [3.8, 4) is 5.75 Å². The van der Waals surface area contributed by atoms with Gasteiger partial charge in [0.25, 0.3) is 0 Å². The molecule has 0 spiro atoms. The van der Waals surface area contributed by atoms with Crippen LogP contribution in [0.3, 0.4) is 0 Å². The summed E-state index contributed by atoms with van der Waals surface area (Å²) in [5, 5.41) is 9.73. The van der Waals surface area contributed by atoms with E-state index >= 15 is 0 Å². The van der Waals surface area contributed by atoms with Gasteiger partial charge in [0.1, 0.15) is 5.75 Å². The van der Waals surface area contributed by atoms with E-state index in [2.05, 4.69) is 4.90 Å². The number of nitrogen functional groups attached to an aromatic ring is 1. The average Bonchev–Trinajstić information content (AvgIpc) is 2.38. The SMILES string of the molecule is Nc1cc2c(c(CN3CCCC(O)C3)c1)OCOC2. The number of rotatable bonds is 2. The van der Waals surface area contributed by atoms with Gasteiger partial charge in [-0.2, -0.15) is 0 Å². The van der Waals surface area contributed by atoms with E-state index in [1.54, 1.807) is 0 Å². The zero-order chi connectivity index (χ0) is 13.2. The molecule has 2 aliphatic heterocycles. The van der Waals surface area contributed by atoms with Crippen molar-refractivity contribution in [2.75, 3.05) is 25.6 Å². The number of nitrogens with zero attached hydrogens (tertiary/aromatic N) is 1. The van der Waals surface area contributed by atoms with Crippen molar-refractivity contribution in [2.24, 2.45) is 0 Å². The first kappa shape index (κ1) is 12.7. The summed E-state index contributed by atoms with van der Waals surface area (Å²) in [6.45, 7) is 3.35. The van der Waals surface area contributed by atoms with Gasteiger partial charge in [0.2, 0.25) is 0 Å². The molecule has 0 saturated carbocycles. The standard InChI is InChI=1S/C14H20N2O3/c15-12-4-10(6-16-3-1-2-13(17)7-16)14-11(5-12)8-18-9-19-14/h4-5,13,17H,1-3,6-9,15H2. The zero-order valence-corrected chi connectivity index (χ0v) is 11.0. The van der Waals surface area contributed by atoms with Gasteiger partial charge in [-0.1, -0.05) is 0 Å². The molecule has 1 atom stereocenters. The van der Waals surface area contributed by atoms with Gasteiger partial charge < -0.3 is 20.3 Å². The monoisotopic (exact) mass is 264 g/mol. The molecule has 19 heavy (non-hydrogen) atoms. The molecule has 104 valence electrons. The van der Waals surface area contributed by atoms with Crippen LogP contribution in [-0.4, -0.2) is 36.0 Å². The number of hydrogen-bond acceptors (Lipinski definition) is 5. The highest BCUT2D eigenvalue weighted by Crippen LogP contribution is 2.32. The zero-order valence-electron chi connectivity index (χ0n) is 11.0. The fourth-order valence-electron chi connectivity index (χ4n) is 2.86. The fourth-order valence-corrected chi connectivity index (χ4v) is 2.86. The fraction of sp³-hybridized carbons (Fsp3) is 0.571. The molecule has 0 amide bonds. The molecule has 5 nitrogen and oxygen atoms in total. The van der Waals surface area contributed by atoms with Crippen LogP contribution >= 0.6 is 0 Å². The summed E-state index contributed by atoms with van der Waals surface area (Å²) in [5.41, 5.74) is 8.78. The summed E-state index contributed by atoms with van der Waals surface area (Å²) < 4.78 is 10.9. The molecule has 1 aromatic rings. The Bertz CT molecular complexity index is 464. The van der Waals surface area contributed by atoms with Gasteiger partial charge in [0, 0.05) is 29.9 Å². The predicted octanol–water partition coefficient (Wildman–Crippen LogP) is 1.09. The van der Waals surface area contributed by atoms with Crippen LogP contribution in [0.15, 0.2) is 12.1 Å². The Morgan fingerprint density at radius 3 is 3.16 bits per heavy atom. The smallest absolute Gasteiger partial charge is 0.189 e. The van der Waals surface area contributed by atoms with E-state index in [1.165, 1.54) is 0 Å². The molecule has 2 heterocycles. The highest BCUT2D eigenvalue weighted by molar-refractivity contribution is 5.53. The number of anilines is 1. The number of piperidine rings is 1. The lowest BCUT2D eigenvalue weighted by Gasteiger charge is -2.31. The number of fused-ring (bicyclic) bond motifs is 1. The number of ether oxygens (including phenoxy) is 2. The largest absolute Gasteiger partial charge is 0.467 e. The first-order valence-corrected chi connectivity index (χ1v) is 6.74. The topological polar surface area (TPSA) is 68.0 Å². The van der Waals surface area contributed by atoms with E-state index in [0.717, 1.165) is 55.0 Å². The van der Waals surface area contributed by atoms with Crippen molar-refractivity contribution >= 4 is 5.69 Å². The van der Waals surface area contributed by atoms with Gasteiger partial charge >= 0.3 is 0 Å². The van der Waals surface area contributed by atoms with Crippen molar-refractivity contribution in [3.05, 3.63) is 23.3 Å². The second kappa shape index (κ2) is 5.36. The maximum absolute atomic E-state index is 9.73. The summed E-state index contributed by atoms with van der Waals surface area (Å²) in [5.74, 6) is 0.903. The molecule has 5 heteroatoms. The third kappa shape index (κ3) is 2.83. The molecule has 2 aliphatic rings. The summed E-state index contributed by atoms with van der Waals surface area (Å²) in [6.07, 6.45) is 1.72. The van der Waals surface area contributed by atoms with Crippen molar-refractivity contribution in [1.29, 1.82) is 0 Å². The molecular formula is C14H20N2O3. The van der Waals surface area contributed by atoms with E-state index in [-0.39, 0.29) is 6.10 Å². The van der Waals surface area contributed by atoms with Crippen molar-refractivity contribution in [3.63, 3.8) is 0 Å². The molecule has 3 rings (SSSR count). The van der Waals surface area contributed by atoms with Gasteiger partial charge in [-0.05, 0) is 31.5 Å². The molecule has 1 fully saturated rings. The number of benzene rings is 1. The van der Waals surface area contributed by atoms with E-state index in [1.807, 2.05) is 12.1 Å². The maximum atomic E-state index is 9.73. The molecule has 3 N–H and O–H groups in total. The van der Waals surface area contributed by atoms with Crippen LogP contribution in [0.25, 0.3) is 0 Å². The minimum Gasteiger partial charge on any atom is -0.467 e. The van der Waals surface area contributed by atoms with E-state index in [0.29, 0.717) is 13.4 Å². The Balaban J connectivity index is 1.81. The van der Waals surface area contributed by atoms with Crippen LogP contribution in [0.4, 0.5) is 5.69 Å². The third-order valence-corrected chi connectivity index (χ3v) is 3.68. The van der Waals surface area contributed by atoms with Crippen LogP contribution < -0.4 is 10.5 Å². The van der Waals surface area contributed by atoms with Crippen LogP contribution in [-0.2, 0) is 17.9 Å². The molecule has 0 aromatic heterocycles. The van der Waals surface area contributed by atoms with Gasteiger partial charge in [0.15, 0.2) is 6.79 Å². The lowest BCUT2D eigenvalue weighted by atomic mass is 10.0. The molecule has 0 bridgehead atoms. The van der Waals surface area contributed by atoms with Gasteiger partial charge in [0.05, 0.1) is 12.7 Å². The van der Waals surface area contributed by atoms with Gasteiger partial charge in [-0.3, -0.25) is 4.90 Å². The lowest BCUT2D eigenvalue weighted by molar-refractivity contribution is -0.0178. The van der Waals surface area contributed by atoms with Gasteiger partial charge in [-0.25, -0.2) is 0 Å². The van der Waals surface area contributed by atoms with E-state index < -0.39 is 0 Å². The van der Waals surface area contributed by atoms with Crippen molar-refractivity contribution < 1.29 is 14.6 Å². The minimum atomic E-state index is -0.213. The first-order chi connectivity index (χ1) is 9.22. The Morgan fingerprint density at radius 2 is 2.32 bits per heavy atom. The Hall–Kier alpha value is -1.30. The number of aliphatic hydroxyl groups is 1. The average molecular weight is 264 g/mol. The number of β-amino-alcohol motifs (C(OH)–C–C–N with tert-alkyl or cyclic N) is 1. The second-order valence-electron chi connectivity index (χ2n) is 5.31. The lowest BCUT2D eigenvalue weighted by Crippen LogP contribution is -2.37. The molecule has 1 saturated heterocycles. The molecule has 0 radical (unpaired) electrons. The Morgan fingerprint density at radius 1 is 1.42 bits per heavy atom. The van der Waals surface area contributed by atoms with E-state index in [9.17, 15) is 5.11 Å². The number of likely N-dealkylation sites (tertiary alicyclic amines) is 1. The van der Waals surface area contributed by atoms with Crippen LogP contribution in [0, 0.1) is 0 Å². The van der Waals surface area contributed by atoms with E-state index in [4.69, 9.17) is 15.2 Å². The van der Waals surface area contributed by atoms with Crippen molar-refractivity contribution in [1.82, 2.24) is 4.90 Å². The molecular weight excluding hydrogens is 244 g/mol. The number of nitrogens with two attached hydrogens (primary N) is 1. The first-order valence-electron chi connectivity index (χ1n) is 6.74. The van der Waals surface area contributed by atoms with Crippen LogP contribution in [0.1, 0.15) is 24.0 Å². The summed E-state index contributed by atoms with van der Waals surface area (Å²) >= 11 is 0. The molecule has 1 unspecified atom stereocenters. The molecule has 0 aliphatic carbocycles. The predicted molar refractivity (Wildman–Crippen MR) is 71.7 cm³/mol. The normalized spacial score (nSPS) is 23.7. The Labute approximate surface area is 112 Å². The third-order valence-electron chi connectivity index (χ3n) is 3.68. The highest BCUT2D eigenvalue weighted by Gasteiger charge is 2.21.